The minimum Gasteiger partial charge on any atom is -0.392 e. The second-order valence-electron chi connectivity index (χ2n) is 4.71. The lowest BCUT2D eigenvalue weighted by atomic mass is 9.91. The van der Waals surface area contributed by atoms with Crippen LogP contribution < -0.4 is 0 Å². The van der Waals surface area contributed by atoms with Crippen LogP contribution in [0.25, 0.3) is 0 Å². The van der Waals surface area contributed by atoms with Crippen LogP contribution in [0.3, 0.4) is 0 Å². The average Bonchev–Trinajstić information content (AvgIpc) is 2.42. The lowest BCUT2D eigenvalue weighted by Crippen LogP contribution is -2.19. The van der Waals surface area contributed by atoms with Gasteiger partial charge in [-0.25, -0.2) is 4.39 Å². The highest BCUT2D eigenvalue weighted by molar-refractivity contribution is 9.10. The Labute approximate surface area is 121 Å². The maximum Gasteiger partial charge on any atom is 0.124 e. The van der Waals surface area contributed by atoms with Crippen LogP contribution in [-0.2, 0) is 6.42 Å². The fourth-order valence-electron chi connectivity index (χ4n) is 2.07. The van der Waals surface area contributed by atoms with E-state index < -0.39 is 6.10 Å². The van der Waals surface area contributed by atoms with Crippen molar-refractivity contribution in [2.45, 2.75) is 25.4 Å². The Balaban J connectivity index is 2.10. The van der Waals surface area contributed by atoms with Gasteiger partial charge in [0.2, 0.25) is 0 Å². The van der Waals surface area contributed by atoms with Crippen LogP contribution in [0, 0.1) is 5.82 Å². The highest BCUT2D eigenvalue weighted by Gasteiger charge is 2.17. The smallest absolute Gasteiger partial charge is 0.124 e. The zero-order valence-corrected chi connectivity index (χ0v) is 12.3. The molecule has 3 heteroatoms. The summed E-state index contributed by atoms with van der Waals surface area (Å²) in [5.74, 6) is -0.237. The average molecular weight is 323 g/mol. The van der Waals surface area contributed by atoms with Crippen LogP contribution >= 0.6 is 15.9 Å². The fraction of sp³-hybridized carbons (Fsp3) is 0.250. The van der Waals surface area contributed by atoms with Crippen molar-refractivity contribution in [1.29, 1.82) is 0 Å². The predicted molar refractivity (Wildman–Crippen MR) is 78.7 cm³/mol. The minimum absolute atomic E-state index is 0.0400. The van der Waals surface area contributed by atoms with E-state index >= 15 is 0 Å². The third kappa shape index (κ3) is 3.64. The summed E-state index contributed by atoms with van der Waals surface area (Å²) in [6.07, 6.45) is 0.000802. The second kappa shape index (κ2) is 6.31. The number of aliphatic hydroxyl groups excluding tert-OH is 1. The molecule has 0 radical (unpaired) electrons. The van der Waals surface area contributed by atoms with Crippen molar-refractivity contribution in [3.8, 4) is 0 Å². The summed E-state index contributed by atoms with van der Waals surface area (Å²) in [6, 6.07) is 14.5. The molecule has 1 nitrogen and oxygen atoms in total. The van der Waals surface area contributed by atoms with Crippen LogP contribution in [0.1, 0.15) is 24.0 Å². The van der Waals surface area contributed by atoms with Crippen molar-refractivity contribution in [2.24, 2.45) is 0 Å². The van der Waals surface area contributed by atoms with Crippen LogP contribution in [0.2, 0.25) is 0 Å². The molecule has 2 atom stereocenters. The molecule has 0 heterocycles. The Morgan fingerprint density at radius 1 is 1.16 bits per heavy atom. The monoisotopic (exact) mass is 322 g/mol. The number of rotatable bonds is 4. The molecular weight excluding hydrogens is 307 g/mol. The largest absolute Gasteiger partial charge is 0.392 e. The van der Waals surface area contributed by atoms with Gasteiger partial charge in [0.25, 0.3) is 0 Å². The van der Waals surface area contributed by atoms with Gasteiger partial charge in [0.15, 0.2) is 0 Å². The summed E-state index contributed by atoms with van der Waals surface area (Å²) in [7, 11) is 0. The van der Waals surface area contributed by atoms with E-state index in [0.717, 1.165) is 11.1 Å². The highest BCUT2D eigenvalue weighted by atomic mass is 79.9. The molecule has 2 rings (SSSR count). The first-order valence-electron chi connectivity index (χ1n) is 6.25. The van der Waals surface area contributed by atoms with E-state index in [9.17, 15) is 9.50 Å². The molecule has 0 bridgehead atoms. The molecule has 0 aliphatic carbocycles. The van der Waals surface area contributed by atoms with Gasteiger partial charge < -0.3 is 5.11 Å². The lowest BCUT2D eigenvalue weighted by molar-refractivity contribution is 0.149. The van der Waals surface area contributed by atoms with Gasteiger partial charge >= 0.3 is 0 Å². The van der Waals surface area contributed by atoms with Gasteiger partial charge in [-0.2, -0.15) is 0 Å². The van der Waals surface area contributed by atoms with Crippen LogP contribution in [0.4, 0.5) is 4.39 Å². The lowest BCUT2D eigenvalue weighted by Gasteiger charge is -2.20. The molecule has 19 heavy (non-hydrogen) atoms. The van der Waals surface area contributed by atoms with Gasteiger partial charge in [-0.15, -0.1) is 0 Å². The van der Waals surface area contributed by atoms with E-state index in [2.05, 4.69) is 15.9 Å². The Morgan fingerprint density at radius 2 is 1.84 bits per heavy atom. The summed E-state index contributed by atoms with van der Waals surface area (Å²) in [6.45, 7) is 2.00. The Kier molecular flexibility index (Phi) is 4.72. The molecular formula is C16H16BrFO. The van der Waals surface area contributed by atoms with E-state index in [1.807, 2.05) is 37.3 Å². The molecule has 0 amide bonds. The first-order chi connectivity index (χ1) is 9.08. The van der Waals surface area contributed by atoms with Gasteiger partial charge in [-0.3, -0.25) is 0 Å². The molecule has 0 aliphatic rings. The molecule has 0 saturated carbocycles. The van der Waals surface area contributed by atoms with Crippen LogP contribution in [0.5, 0.6) is 0 Å². The van der Waals surface area contributed by atoms with Gasteiger partial charge in [0.1, 0.15) is 5.82 Å². The first-order valence-corrected chi connectivity index (χ1v) is 7.04. The third-order valence-electron chi connectivity index (χ3n) is 3.35. The van der Waals surface area contributed by atoms with Crippen molar-refractivity contribution >= 4 is 15.9 Å². The highest BCUT2D eigenvalue weighted by Crippen LogP contribution is 2.25. The van der Waals surface area contributed by atoms with Crippen molar-refractivity contribution in [3.05, 3.63) is 69.9 Å². The van der Waals surface area contributed by atoms with E-state index in [1.54, 1.807) is 6.07 Å². The summed E-state index contributed by atoms with van der Waals surface area (Å²) in [4.78, 5) is 0. The molecule has 2 aromatic carbocycles. The van der Waals surface area contributed by atoms with Crippen molar-refractivity contribution in [3.63, 3.8) is 0 Å². The number of benzene rings is 2. The third-order valence-corrected chi connectivity index (χ3v) is 4.08. The zero-order valence-electron chi connectivity index (χ0n) is 10.7. The fourth-order valence-corrected chi connectivity index (χ4v) is 2.58. The normalized spacial score (nSPS) is 14.1. The van der Waals surface area contributed by atoms with E-state index in [4.69, 9.17) is 0 Å². The molecule has 2 unspecified atom stereocenters. The molecule has 0 aliphatic heterocycles. The van der Waals surface area contributed by atoms with Gasteiger partial charge in [-0.1, -0.05) is 59.3 Å². The first kappa shape index (κ1) is 14.2. The van der Waals surface area contributed by atoms with E-state index in [1.165, 1.54) is 12.1 Å². The number of halogens is 2. The molecule has 0 saturated heterocycles. The maximum absolute atomic E-state index is 13.0. The summed E-state index contributed by atoms with van der Waals surface area (Å²) in [5, 5.41) is 10.3. The summed E-state index contributed by atoms with van der Waals surface area (Å²) in [5.41, 5.74) is 2.02. The number of aliphatic hydroxyl groups is 1. The van der Waals surface area contributed by atoms with Crippen molar-refractivity contribution in [1.82, 2.24) is 0 Å². The number of hydrogen-bond acceptors (Lipinski definition) is 1. The topological polar surface area (TPSA) is 20.2 Å². The quantitative estimate of drug-likeness (QED) is 0.890. The molecule has 2 aromatic rings. The van der Waals surface area contributed by atoms with Gasteiger partial charge in [0, 0.05) is 16.8 Å². The molecule has 0 spiro atoms. The van der Waals surface area contributed by atoms with Crippen LogP contribution in [0.15, 0.2) is 53.0 Å². The molecule has 0 fully saturated rings. The van der Waals surface area contributed by atoms with E-state index in [-0.39, 0.29) is 11.7 Å². The second-order valence-corrected chi connectivity index (χ2v) is 5.56. The Hall–Kier alpha value is -1.19. The van der Waals surface area contributed by atoms with Crippen LogP contribution in [-0.4, -0.2) is 11.2 Å². The summed E-state index contributed by atoms with van der Waals surface area (Å²) >= 11 is 3.33. The van der Waals surface area contributed by atoms with E-state index in [0.29, 0.717) is 10.9 Å². The minimum atomic E-state index is -0.496. The summed E-state index contributed by atoms with van der Waals surface area (Å²) < 4.78 is 13.7. The molecule has 0 aromatic heterocycles. The Morgan fingerprint density at radius 3 is 2.47 bits per heavy atom. The van der Waals surface area contributed by atoms with Gasteiger partial charge in [-0.05, 0) is 23.3 Å². The SMILES string of the molecule is CC(c1ccccc1)C(O)Cc1ccc(F)cc1Br. The van der Waals surface area contributed by atoms with Crippen molar-refractivity contribution < 1.29 is 9.50 Å². The number of hydrogen-bond donors (Lipinski definition) is 1. The maximum atomic E-state index is 13.0. The zero-order chi connectivity index (χ0) is 13.8. The van der Waals surface area contributed by atoms with Gasteiger partial charge in [0.05, 0.1) is 6.10 Å². The Bertz CT molecular complexity index is 542. The molecule has 1 N–H and O–H groups in total. The molecule has 100 valence electrons. The predicted octanol–water partition coefficient (Wildman–Crippen LogP) is 4.30. The standard InChI is InChI=1S/C16H16BrFO/c1-11(12-5-3-2-4-6-12)16(19)9-13-7-8-14(18)10-15(13)17/h2-8,10-11,16,19H,9H2,1H3. The van der Waals surface area contributed by atoms with Crippen molar-refractivity contribution in [2.75, 3.05) is 0 Å².